The van der Waals surface area contributed by atoms with E-state index in [-0.39, 0.29) is 18.2 Å². The summed E-state index contributed by atoms with van der Waals surface area (Å²) in [6.45, 7) is 10.1. The van der Waals surface area contributed by atoms with Gasteiger partial charge in [0.1, 0.15) is 0 Å². The van der Waals surface area contributed by atoms with Gasteiger partial charge in [0, 0.05) is 24.3 Å². The lowest BCUT2D eigenvalue weighted by Gasteiger charge is -2.32. The molecule has 1 aromatic heterocycles. The van der Waals surface area contributed by atoms with Crippen molar-refractivity contribution < 1.29 is 26.3 Å². The van der Waals surface area contributed by atoms with E-state index in [4.69, 9.17) is 5.10 Å². The summed E-state index contributed by atoms with van der Waals surface area (Å²) in [5.74, 6) is 0. The van der Waals surface area contributed by atoms with Crippen LogP contribution in [0.2, 0.25) is 0 Å². The number of aryl methyl sites for hydroxylation is 2. The molecule has 2 aromatic carbocycles. The molecule has 0 N–H and O–H groups in total. The molecule has 0 saturated heterocycles. The van der Waals surface area contributed by atoms with Gasteiger partial charge >= 0.3 is 12.4 Å². The smallest absolute Gasteiger partial charge is 0.284 e. The third-order valence-electron chi connectivity index (χ3n) is 7.24. The molecule has 0 amide bonds. The van der Waals surface area contributed by atoms with E-state index in [9.17, 15) is 26.3 Å². The molecule has 1 aliphatic rings. The second-order valence-corrected chi connectivity index (χ2v) is 9.74. The van der Waals surface area contributed by atoms with Gasteiger partial charge in [-0.25, -0.2) is 4.68 Å². The van der Waals surface area contributed by atoms with E-state index in [1.165, 1.54) is 0 Å². The molecule has 36 heavy (non-hydrogen) atoms. The molecule has 0 bridgehead atoms. The Hall–Kier alpha value is -2.81. The van der Waals surface area contributed by atoms with E-state index in [2.05, 4.69) is 26.0 Å². The maximum atomic E-state index is 13.7. The molecule has 2 heterocycles. The van der Waals surface area contributed by atoms with Crippen LogP contribution in [-0.2, 0) is 43.8 Å². The molecule has 0 aliphatic carbocycles. The number of nitrogens with zero attached hydrogens (tertiary/aromatic N) is 3. The molecule has 0 unspecified atom stereocenters. The zero-order chi connectivity index (χ0) is 26.6. The van der Waals surface area contributed by atoms with E-state index >= 15 is 0 Å². The molecule has 4 rings (SSSR count). The molecule has 0 atom stereocenters. The molecule has 0 spiro atoms. The van der Waals surface area contributed by atoms with Crippen LogP contribution in [0.15, 0.2) is 36.4 Å². The molecule has 9 heteroatoms. The van der Waals surface area contributed by atoms with Gasteiger partial charge in [0.05, 0.1) is 28.0 Å². The second kappa shape index (κ2) is 8.94. The highest BCUT2D eigenvalue weighted by atomic mass is 19.4. The van der Waals surface area contributed by atoms with Crippen molar-refractivity contribution in [3.8, 4) is 5.69 Å². The van der Waals surface area contributed by atoms with Gasteiger partial charge in [-0.15, -0.1) is 0 Å². The largest absolute Gasteiger partial charge is 0.416 e. The maximum absolute atomic E-state index is 13.7. The lowest BCUT2D eigenvalue weighted by Crippen LogP contribution is -2.36. The van der Waals surface area contributed by atoms with E-state index < -0.39 is 29.0 Å². The molecular weight excluding hydrogens is 480 g/mol. The highest BCUT2D eigenvalue weighted by Gasteiger charge is 2.44. The minimum absolute atomic E-state index is 0.151. The van der Waals surface area contributed by atoms with Gasteiger partial charge in [-0.2, -0.15) is 31.4 Å². The minimum atomic E-state index is -4.90. The van der Waals surface area contributed by atoms with Crippen LogP contribution in [0, 0.1) is 6.92 Å². The first-order valence-electron chi connectivity index (χ1n) is 11.9. The van der Waals surface area contributed by atoms with Gasteiger partial charge in [0.2, 0.25) is 0 Å². The number of alkyl halides is 6. The number of fused-ring (bicyclic) bond motifs is 1. The van der Waals surface area contributed by atoms with Crippen LogP contribution < -0.4 is 0 Å². The number of halogens is 6. The highest BCUT2D eigenvalue weighted by molar-refractivity contribution is 5.51. The normalized spacial score (nSPS) is 16.0. The molecule has 3 nitrogen and oxygen atoms in total. The van der Waals surface area contributed by atoms with Crippen LogP contribution >= 0.6 is 0 Å². The molecule has 1 aliphatic heterocycles. The summed E-state index contributed by atoms with van der Waals surface area (Å²) in [5.41, 5.74) is 2.51. The third-order valence-corrected chi connectivity index (χ3v) is 7.24. The first-order chi connectivity index (χ1) is 16.7. The second-order valence-electron chi connectivity index (χ2n) is 9.74. The number of hydrogen-bond donors (Lipinski definition) is 0. The fourth-order valence-corrected chi connectivity index (χ4v) is 5.07. The quantitative estimate of drug-likeness (QED) is 0.331. The number of hydrogen-bond acceptors (Lipinski definition) is 2. The van der Waals surface area contributed by atoms with Gasteiger partial charge in [-0.3, -0.25) is 4.90 Å². The lowest BCUT2D eigenvalue weighted by molar-refractivity contribution is -0.143. The molecule has 0 saturated carbocycles. The standard InChI is InChI=1S/C27H29F6N3/c1-6-17-9-8-10-18(7-2)23(17)36-16(3)21-15-35(25(4,5)24(21)34-36)14-19-11-12-20(26(28,29)30)13-22(19)27(31,32)33/h8-13H,6-7,14-15H2,1-5H3. The number of para-hydroxylation sites is 1. The Morgan fingerprint density at radius 1 is 0.889 bits per heavy atom. The van der Waals surface area contributed by atoms with Crippen LogP contribution in [0.1, 0.15) is 72.5 Å². The van der Waals surface area contributed by atoms with E-state index in [1.807, 2.05) is 36.4 Å². The van der Waals surface area contributed by atoms with Crippen molar-refractivity contribution in [3.05, 3.63) is 81.2 Å². The summed E-state index contributed by atoms with van der Waals surface area (Å²) in [6.07, 6.45) is -8.09. The van der Waals surface area contributed by atoms with E-state index in [0.29, 0.717) is 12.6 Å². The fourth-order valence-electron chi connectivity index (χ4n) is 5.07. The van der Waals surface area contributed by atoms with Crippen molar-refractivity contribution in [1.29, 1.82) is 0 Å². The number of aromatic nitrogens is 2. The van der Waals surface area contributed by atoms with Crippen LogP contribution in [-0.4, -0.2) is 14.7 Å². The Bertz CT molecular complexity index is 1260. The van der Waals surface area contributed by atoms with Gasteiger partial charge in [-0.05, 0) is 62.4 Å². The van der Waals surface area contributed by atoms with E-state index in [0.717, 1.165) is 52.7 Å². The zero-order valence-corrected chi connectivity index (χ0v) is 20.9. The fraction of sp³-hybridized carbons (Fsp3) is 0.444. The molecular formula is C27H29F6N3. The zero-order valence-electron chi connectivity index (χ0n) is 20.9. The number of benzene rings is 2. The van der Waals surface area contributed by atoms with Crippen LogP contribution in [0.25, 0.3) is 5.69 Å². The summed E-state index contributed by atoms with van der Waals surface area (Å²) in [5, 5.41) is 4.94. The summed E-state index contributed by atoms with van der Waals surface area (Å²) in [7, 11) is 0. The van der Waals surface area contributed by atoms with Crippen molar-refractivity contribution in [2.45, 2.75) is 78.4 Å². The lowest BCUT2D eigenvalue weighted by atomic mass is 9.98. The minimum Gasteiger partial charge on any atom is -0.284 e. The Kier molecular flexibility index (Phi) is 6.52. The Morgan fingerprint density at radius 2 is 1.50 bits per heavy atom. The predicted octanol–water partition coefficient (Wildman–Crippen LogP) is 7.59. The predicted molar refractivity (Wildman–Crippen MR) is 126 cm³/mol. The van der Waals surface area contributed by atoms with Crippen molar-refractivity contribution in [1.82, 2.24) is 14.7 Å². The van der Waals surface area contributed by atoms with Crippen LogP contribution in [0.4, 0.5) is 26.3 Å². The van der Waals surface area contributed by atoms with Crippen molar-refractivity contribution in [3.63, 3.8) is 0 Å². The first kappa shape index (κ1) is 26.3. The Balaban J connectivity index is 1.73. The van der Waals surface area contributed by atoms with Crippen molar-refractivity contribution in [2.75, 3.05) is 0 Å². The summed E-state index contributed by atoms with van der Waals surface area (Å²) in [6, 6.07) is 8.03. The van der Waals surface area contributed by atoms with Gasteiger partial charge in [0.15, 0.2) is 0 Å². The van der Waals surface area contributed by atoms with Crippen LogP contribution in [0.5, 0.6) is 0 Å². The SMILES string of the molecule is CCc1cccc(CC)c1-n1nc2c(c1C)CN(Cc1ccc(C(F)(F)F)cc1C(F)(F)F)C2(C)C. The van der Waals surface area contributed by atoms with Crippen molar-refractivity contribution >= 4 is 0 Å². The van der Waals surface area contributed by atoms with E-state index in [1.54, 1.807) is 0 Å². The average molecular weight is 510 g/mol. The topological polar surface area (TPSA) is 21.1 Å². The molecule has 0 radical (unpaired) electrons. The highest BCUT2D eigenvalue weighted by Crippen LogP contribution is 2.44. The summed E-state index contributed by atoms with van der Waals surface area (Å²) < 4.78 is 82.4. The number of rotatable bonds is 5. The average Bonchev–Trinajstić information content (AvgIpc) is 3.25. The Labute approximate surface area is 206 Å². The summed E-state index contributed by atoms with van der Waals surface area (Å²) >= 11 is 0. The molecule has 3 aromatic rings. The first-order valence-corrected chi connectivity index (χ1v) is 11.9. The van der Waals surface area contributed by atoms with Gasteiger partial charge in [0.25, 0.3) is 0 Å². The van der Waals surface area contributed by atoms with Crippen molar-refractivity contribution in [2.24, 2.45) is 0 Å². The third kappa shape index (κ3) is 4.42. The monoisotopic (exact) mass is 509 g/mol. The van der Waals surface area contributed by atoms with Crippen LogP contribution in [0.3, 0.4) is 0 Å². The summed E-state index contributed by atoms with van der Waals surface area (Å²) in [4.78, 5) is 1.84. The van der Waals surface area contributed by atoms with Gasteiger partial charge < -0.3 is 0 Å². The maximum Gasteiger partial charge on any atom is 0.416 e. The molecule has 0 fully saturated rings. The Morgan fingerprint density at radius 3 is 2.00 bits per heavy atom. The molecule has 194 valence electrons. The van der Waals surface area contributed by atoms with Gasteiger partial charge in [-0.1, -0.05) is 38.1 Å².